The largest absolute Gasteiger partial charge is 0.484 e. The molecule has 3 aliphatic rings. The van der Waals surface area contributed by atoms with Crippen LogP contribution in [0, 0.1) is 5.41 Å². The minimum absolute atomic E-state index is 0.0231. The van der Waals surface area contributed by atoms with Crippen LogP contribution in [0.1, 0.15) is 39.5 Å². The number of amides is 2. The van der Waals surface area contributed by atoms with Crippen molar-refractivity contribution in [2.75, 3.05) is 13.2 Å². The molecule has 0 aromatic heterocycles. The number of rotatable bonds is 3. The van der Waals surface area contributed by atoms with Crippen LogP contribution < -0.4 is 4.74 Å². The van der Waals surface area contributed by atoms with Gasteiger partial charge < -0.3 is 14.5 Å². The summed E-state index contributed by atoms with van der Waals surface area (Å²) in [7, 11) is 0. The molecule has 1 aromatic carbocycles. The molecule has 25 heavy (non-hydrogen) atoms. The fourth-order valence-corrected chi connectivity index (χ4v) is 5.49. The second kappa shape index (κ2) is 6.04. The van der Waals surface area contributed by atoms with Gasteiger partial charge in [0.1, 0.15) is 5.75 Å². The second-order valence-electron chi connectivity index (χ2n) is 7.90. The number of benzene rings is 1. The molecular formula is C20H26N2O3. The van der Waals surface area contributed by atoms with Gasteiger partial charge >= 0.3 is 0 Å². The molecule has 1 aromatic rings. The number of carbonyl (C=O) groups is 2. The Morgan fingerprint density at radius 3 is 2.64 bits per heavy atom. The highest BCUT2D eigenvalue weighted by Crippen LogP contribution is 2.54. The molecule has 2 saturated heterocycles. The van der Waals surface area contributed by atoms with Crippen LogP contribution in [0.4, 0.5) is 0 Å². The van der Waals surface area contributed by atoms with Gasteiger partial charge in [-0.3, -0.25) is 9.59 Å². The van der Waals surface area contributed by atoms with Crippen molar-refractivity contribution >= 4 is 11.8 Å². The molecule has 5 heteroatoms. The Morgan fingerprint density at radius 2 is 1.92 bits per heavy atom. The van der Waals surface area contributed by atoms with E-state index in [2.05, 4.69) is 11.8 Å². The highest BCUT2D eigenvalue weighted by Gasteiger charge is 2.61. The first-order valence-electron chi connectivity index (χ1n) is 9.27. The van der Waals surface area contributed by atoms with Gasteiger partial charge in [0.25, 0.3) is 5.91 Å². The molecule has 1 saturated carbocycles. The summed E-state index contributed by atoms with van der Waals surface area (Å²) in [6, 6.07) is 10.1. The minimum Gasteiger partial charge on any atom is -0.484 e. The van der Waals surface area contributed by atoms with Crippen LogP contribution in [-0.4, -0.2) is 52.9 Å². The highest BCUT2D eigenvalue weighted by molar-refractivity contribution is 5.79. The van der Waals surface area contributed by atoms with E-state index in [0.29, 0.717) is 12.3 Å². The maximum atomic E-state index is 12.9. The molecule has 0 unspecified atom stereocenters. The number of ether oxygens (including phenoxy) is 1. The van der Waals surface area contributed by atoms with Gasteiger partial charge in [0, 0.05) is 31.0 Å². The van der Waals surface area contributed by atoms with E-state index >= 15 is 0 Å². The van der Waals surface area contributed by atoms with E-state index < -0.39 is 0 Å². The standard InChI is InChI=1S/C20H26N2O3/c1-14(23)22-15-11-20(2)17(9-6-10-18(20)22)21(12-15)19(24)13-25-16-7-4-3-5-8-16/h3-5,7-8,15,17-18H,6,9-13H2,1-2H3/t15-,17+,18-,20+/m0/s1. The Labute approximate surface area is 148 Å². The fourth-order valence-electron chi connectivity index (χ4n) is 5.49. The summed E-state index contributed by atoms with van der Waals surface area (Å²) < 4.78 is 5.69. The van der Waals surface area contributed by atoms with Crippen molar-refractivity contribution in [2.45, 2.75) is 57.7 Å². The molecule has 5 nitrogen and oxygen atoms in total. The summed E-state index contributed by atoms with van der Waals surface area (Å²) in [6.07, 6.45) is 4.18. The third-order valence-electron chi connectivity index (χ3n) is 6.46. The first-order chi connectivity index (χ1) is 12.0. The summed E-state index contributed by atoms with van der Waals surface area (Å²) in [5, 5.41) is 0. The maximum absolute atomic E-state index is 12.9. The minimum atomic E-state index is 0.0231. The van der Waals surface area contributed by atoms with Crippen molar-refractivity contribution in [3.05, 3.63) is 30.3 Å². The van der Waals surface area contributed by atoms with Gasteiger partial charge in [-0.25, -0.2) is 0 Å². The molecular weight excluding hydrogens is 316 g/mol. The van der Waals surface area contributed by atoms with Crippen LogP contribution >= 0.6 is 0 Å². The van der Waals surface area contributed by atoms with Gasteiger partial charge in [-0.2, -0.15) is 0 Å². The zero-order chi connectivity index (χ0) is 17.6. The Kier molecular flexibility index (Phi) is 3.97. The third kappa shape index (κ3) is 2.60. The number of hydrogen-bond acceptors (Lipinski definition) is 3. The van der Waals surface area contributed by atoms with Crippen LogP contribution in [0.3, 0.4) is 0 Å². The van der Waals surface area contributed by atoms with Crippen molar-refractivity contribution in [2.24, 2.45) is 5.41 Å². The Balaban J connectivity index is 1.53. The van der Waals surface area contributed by atoms with Gasteiger partial charge in [-0.1, -0.05) is 25.1 Å². The SMILES string of the molecule is CC(=O)N1[C@@H]2CN(C(=O)COc3ccccc3)[C@@H]3CCC[C@H]1[C@]3(C)C2. The zero-order valence-corrected chi connectivity index (χ0v) is 15.0. The maximum Gasteiger partial charge on any atom is 0.260 e. The number of nitrogens with zero attached hydrogens (tertiary/aromatic N) is 2. The topological polar surface area (TPSA) is 49.9 Å². The first-order valence-corrected chi connectivity index (χ1v) is 9.27. The summed E-state index contributed by atoms with van der Waals surface area (Å²) >= 11 is 0. The number of carbonyl (C=O) groups excluding carboxylic acids is 2. The summed E-state index contributed by atoms with van der Waals surface area (Å²) in [6.45, 7) is 4.65. The third-order valence-corrected chi connectivity index (χ3v) is 6.46. The fraction of sp³-hybridized carbons (Fsp3) is 0.600. The van der Waals surface area contributed by atoms with Crippen molar-refractivity contribution in [1.82, 2.24) is 9.80 Å². The number of fused-ring (bicyclic) bond motifs is 1. The first kappa shape index (κ1) is 16.4. The molecule has 0 N–H and O–H groups in total. The smallest absolute Gasteiger partial charge is 0.260 e. The van der Waals surface area contributed by atoms with E-state index in [4.69, 9.17) is 4.74 Å². The average Bonchev–Trinajstić information content (AvgIpc) is 2.90. The van der Waals surface area contributed by atoms with Crippen LogP contribution in [0.25, 0.3) is 0 Å². The number of hydrogen-bond donors (Lipinski definition) is 0. The molecule has 0 radical (unpaired) electrons. The Bertz CT molecular complexity index is 677. The van der Waals surface area contributed by atoms with Crippen LogP contribution in [0.2, 0.25) is 0 Å². The van der Waals surface area contributed by atoms with Gasteiger partial charge in [0.05, 0.1) is 6.04 Å². The van der Waals surface area contributed by atoms with Crippen LogP contribution in [0.5, 0.6) is 5.75 Å². The van der Waals surface area contributed by atoms with Gasteiger partial charge in [0.15, 0.2) is 6.61 Å². The quantitative estimate of drug-likeness (QED) is 0.848. The number of para-hydroxylation sites is 1. The molecule has 2 bridgehead atoms. The van der Waals surface area contributed by atoms with E-state index in [-0.39, 0.29) is 42.0 Å². The van der Waals surface area contributed by atoms with Gasteiger partial charge in [0.2, 0.25) is 5.91 Å². The van der Waals surface area contributed by atoms with E-state index in [1.165, 1.54) is 0 Å². The van der Waals surface area contributed by atoms with Gasteiger partial charge in [-0.05, 0) is 37.8 Å². The average molecular weight is 342 g/mol. The van der Waals surface area contributed by atoms with E-state index in [9.17, 15) is 9.59 Å². The molecule has 2 aliphatic heterocycles. The highest BCUT2D eigenvalue weighted by atomic mass is 16.5. The summed E-state index contributed by atoms with van der Waals surface area (Å²) in [5.41, 5.74) is 0.0231. The molecule has 4 atom stereocenters. The lowest BCUT2D eigenvalue weighted by molar-refractivity contribution is -0.142. The van der Waals surface area contributed by atoms with Crippen molar-refractivity contribution in [1.29, 1.82) is 0 Å². The van der Waals surface area contributed by atoms with Crippen molar-refractivity contribution in [3.8, 4) is 5.75 Å². The molecule has 2 amide bonds. The second-order valence-corrected chi connectivity index (χ2v) is 7.90. The van der Waals surface area contributed by atoms with E-state index in [1.807, 2.05) is 35.2 Å². The molecule has 2 heterocycles. The lowest BCUT2D eigenvalue weighted by Crippen LogP contribution is -2.58. The van der Waals surface area contributed by atoms with Crippen molar-refractivity contribution < 1.29 is 14.3 Å². The van der Waals surface area contributed by atoms with E-state index in [1.54, 1.807) is 6.92 Å². The monoisotopic (exact) mass is 342 g/mol. The van der Waals surface area contributed by atoms with Crippen molar-refractivity contribution in [3.63, 3.8) is 0 Å². The Morgan fingerprint density at radius 1 is 1.20 bits per heavy atom. The molecule has 4 rings (SSSR count). The summed E-state index contributed by atoms with van der Waals surface area (Å²) in [5.74, 6) is 0.902. The molecule has 3 fully saturated rings. The number of piperidine rings is 1. The lowest BCUT2D eigenvalue weighted by atomic mass is 9.66. The molecule has 134 valence electrons. The normalized spacial score (nSPS) is 33.3. The van der Waals surface area contributed by atoms with E-state index in [0.717, 1.165) is 25.7 Å². The number of likely N-dealkylation sites (tertiary alicyclic amines) is 2. The van der Waals surface area contributed by atoms with Crippen LogP contribution in [0.15, 0.2) is 30.3 Å². The summed E-state index contributed by atoms with van der Waals surface area (Å²) in [4.78, 5) is 29.2. The zero-order valence-electron chi connectivity index (χ0n) is 15.0. The predicted molar refractivity (Wildman–Crippen MR) is 94.1 cm³/mol. The Hall–Kier alpha value is -2.04. The molecule has 0 spiro atoms. The lowest BCUT2D eigenvalue weighted by Gasteiger charge is -2.49. The molecule has 1 aliphatic carbocycles. The van der Waals surface area contributed by atoms with Crippen LogP contribution in [-0.2, 0) is 9.59 Å². The predicted octanol–water partition coefficient (Wildman–Crippen LogP) is 2.46. The van der Waals surface area contributed by atoms with Gasteiger partial charge in [-0.15, -0.1) is 0 Å².